The highest BCUT2D eigenvalue weighted by Gasteiger charge is 2.20. The minimum atomic E-state index is -0.815. The second-order valence-corrected chi connectivity index (χ2v) is 7.61. The molecule has 0 saturated carbocycles. The number of carbonyl (C=O) groups excluding carboxylic acids is 3. The number of aliphatic hydroxyl groups is 1. The van der Waals surface area contributed by atoms with E-state index >= 15 is 0 Å². The molecule has 0 bridgehead atoms. The van der Waals surface area contributed by atoms with E-state index in [-0.39, 0.29) is 13.1 Å². The number of carbonyl (C=O) groups is 3. The van der Waals surface area contributed by atoms with E-state index in [4.69, 9.17) is 0 Å². The Morgan fingerprint density at radius 1 is 1.03 bits per heavy atom. The van der Waals surface area contributed by atoms with E-state index in [2.05, 4.69) is 37.7 Å². The fourth-order valence-electron chi connectivity index (χ4n) is 3.50. The third-order valence-electron chi connectivity index (χ3n) is 5.22. The molecular weight excluding hydrogens is 412 g/mol. The minimum Gasteiger partial charge on any atom is -0.453 e. The number of ether oxygens (including phenoxy) is 1. The topological polar surface area (TPSA) is 120 Å². The second-order valence-electron chi connectivity index (χ2n) is 7.61. The Morgan fingerprint density at radius 3 is 2.47 bits per heavy atom. The molecule has 0 spiro atoms. The first-order chi connectivity index (χ1) is 15.4. The van der Waals surface area contributed by atoms with Crippen LogP contribution < -0.4 is 16.0 Å². The van der Waals surface area contributed by atoms with E-state index < -0.39 is 24.0 Å². The van der Waals surface area contributed by atoms with Crippen LogP contribution in [0.5, 0.6) is 0 Å². The Balaban J connectivity index is 1.39. The number of nitrogens with zero attached hydrogens (tertiary/aromatic N) is 1. The fraction of sp³-hybridized carbons (Fsp3) is 0.348. The molecule has 170 valence electrons. The third kappa shape index (κ3) is 6.79. The maximum atomic E-state index is 12.1. The van der Waals surface area contributed by atoms with Gasteiger partial charge < -0.3 is 25.8 Å². The molecule has 0 saturated heterocycles. The fourth-order valence-corrected chi connectivity index (χ4v) is 3.50. The van der Waals surface area contributed by atoms with Gasteiger partial charge in [-0.15, -0.1) is 0 Å². The molecule has 2 aromatic carbocycles. The highest BCUT2D eigenvalue weighted by Crippen LogP contribution is 2.18. The zero-order valence-electron chi connectivity index (χ0n) is 18.0. The van der Waals surface area contributed by atoms with Crippen molar-refractivity contribution in [2.24, 2.45) is 0 Å². The normalized spacial score (nSPS) is 14.1. The first-order valence-electron chi connectivity index (χ1n) is 10.4. The van der Waals surface area contributed by atoms with Gasteiger partial charge >= 0.3 is 17.9 Å². The summed E-state index contributed by atoms with van der Waals surface area (Å²) < 4.78 is 4.50. The number of rotatable bonds is 7. The van der Waals surface area contributed by atoms with Crippen molar-refractivity contribution in [3.63, 3.8) is 0 Å². The van der Waals surface area contributed by atoms with E-state index in [1.807, 2.05) is 12.1 Å². The van der Waals surface area contributed by atoms with Crippen molar-refractivity contribution in [1.29, 1.82) is 0 Å². The smallest absolute Gasteiger partial charge is 0.407 e. The van der Waals surface area contributed by atoms with Gasteiger partial charge in [0.15, 0.2) is 0 Å². The summed E-state index contributed by atoms with van der Waals surface area (Å²) in [5, 5.41) is 17.8. The van der Waals surface area contributed by atoms with Crippen LogP contribution in [0.1, 0.15) is 16.7 Å². The van der Waals surface area contributed by atoms with Gasteiger partial charge in [-0.1, -0.05) is 36.4 Å². The van der Waals surface area contributed by atoms with E-state index in [9.17, 15) is 19.5 Å². The highest BCUT2D eigenvalue weighted by atomic mass is 16.5. The summed E-state index contributed by atoms with van der Waals surface area (Å²) in [6.07, 6.45) is -0.389. The Labute approximate surface area is 186 Å². The van der Waals surface area contributed by atoms with E-state index in [0.29, 0.717) is 12.2 Å². The molecule has 4 N–H and O–H groups in total. The van der Waals surface area contributed by atoms with Gasteiger partial charge in [-0.2, -0.15) is 0 Å². The molecule has 3 rings (SSSR count). The number of fused-ring (bicyclic) bond motifs is 1. The highest BCUT2D eigenvalue weighted by molar-refractivity contribution is 6.39. The molecule has 3 amide bonds. The summed E-state index contributed by atoms with van der Waals surface area (Å²) in [5.74, 6) is -1.63. The number of benzene rings is 2. The summed E-state index contributed by atoms with van der Waals surface area (Å²) in [6.45, 7) is 2.28. The number of nitrogens with one attached hydrogen (secondary N) is 3. The number of alkyl carbamates (subject to hydrolysis) is 1. The van der Waals surface area contributed by atoms with Crippen molar-refractivity contribution in [2.45, 2.75) is 25.6 Å². The van der Waals surface area contributed by atoms with Crippen LogP contribution in [-0.4, -0.2) is 60.8 Å². The molecule has 0 radical (unpaired) electrons. The van der Waals surface area contributed by atoms with Crippen molar-refractivity contribution in [3.8, 4) is 0 Å². The lowest BCUT2D eigenvalue weighted by Crippen LogP contribution is -2.44. The van der Waals surface area contributed by atoms with Gasteiger partial charge in [-0.3, -0.25) is 14.5 Å². The van der Waals surface area contributed by atoms with Crippen molar-refractivity contribution < 1.29 is 24.2 Å². The van der Waals surface area contributed by atoms with Crippen LogP contribution in [0.15, 0.2) is 48.5 Å². The first-order valence-corrected chi connectivity index (χ1v) is 10.4. The maximum absolute atomic E-state index is 12.1. The van der Waals surface area contributed by atoms with E-state index in [0.717, 1.165) is 25.1 Å². The van der Waals surface area contributed by atoms with Crippen LogP contribution in [0.25, 0.3) is 0 Å². The molecule has 2 aromatic rings. The van der Waals surface area contributed by atoms with Gasteiger partial charge in [-0.05, 0) is 35.2 Å². The van der Waals surface area contributed by atoms with Crippen LogP contribution in [0, 0.1) is 0 Å². The molecule has 9 heteroatoms. The van der Waals surface area contributed by atoms with Crippen LogP contribution in [0.4, 0.5) is 10.5 Å². The van der Waals surface area contributed by atoms with Crippen LogP contribution in [0.2, 0.25) is 0 Å². The molecule has 32 heavy (non-hydrogen) atoms. The van der Waals surface area contributed by atoms with E-state index in [1.54, 1.807) is 24.3 Å². The lowest BCUT2D eigenvalue weighted by atomic mass is 10.00. The van der Waals surface area contributed by atoms with Gasteiger partial charge in [0.05, 0.1) is 13.2 Å². The molecule has 9 nitrogen and oxygen atoms in total. The summed E-state index contributed by atoms with van der Waals surface area (Å²) in [7, 11) is 1.28. The van der Waals surface area contributed by atoms with Crippen molar-refractivity contribution in [2.75, 3.05) is 32.1 Å². The average Bonchev–Trinajstić information content (AvgIpc) is 2.81. The van der Waals surface area contributed by atoms with Gasteiger partial charge in [0.1, 0.15) is 0 Å². The SMILES string of the molecule is COC(=O)NCc1ccc(NC(=O)C(=O)NCC(O)CN2CCc3ccccc3C2)cc1. The molecule has 1 unspecified atom stereocenters. The van der Waals surface area contributed by atoms with Gasteiger partial charge in [0.25, 0.3) is 0 Å². The number of hydrogen-bond donors (Lipinski definition) is 4. The Hall–Kier alpha value is -3.43. The second kappa shape index (κ2) is 11.3. The van der Waals surface area contributed by atoms with Crippen LogP contribution >= 0.6 is 0 Å². The maximum Gasteiger partial charge on any atom is 0.407 e. The standard InChI is InChI=1S/C23H28N4O5/c1-32-23(31)25-12-16-6-8-19(9-7-16)26-22(30)21(29)24-13-20(28)15-27-11-10-17-4-2-3-5-18(17)14-27/h2-9,20,28H,10-15H2,1H3,(H,24,29)(H,25,31)(H,26,30). The molecule has 0 aliphatic carbocycles. The minimum absolute atomic E-state index is 0.0114. The number of methoxy groups -OCH3 is 1. The Bertz CT molecular complexity index is 948. The number of aliphatic hydroxyl groups excluding tert-OH is 1. The number of anilines is 1. The molecule has 1 aliphatic heterocycles. The zero-order chi connectivity index (χ0) is 22.9. The molecule has 0 fully saturated rings. The Kier molecular flexibility index (Phi) is 8.18. The van der Waals surface area contributed by atoms with Gasteiger partial charge in [-0.25, -0.2) is 4.79 Å². The number of amides is 3. The predicted octanol–water partition coefficient (Wildman–Crippen LogP) is 1.02. The Morgan fingerprint density at radius 2 is 1.75 bits per heavy atom. The summed E-state index contributed by atoms with van der Waals surface area (Å²) in [5.41, 5.74) is 3.83. The zero-order valence-corrected chi connectivity index (χ0v) is 18.0. The third-order valence-corrected chi connectivity index (χ3v) is 5.22. The lowest BCUT2D eigenvalue weighted by Gasteiger charge is -2.30. The van der Waals surface area contributed by atoms with Crippen LogP contribution in [0.3, 0.4) is 0 Å². The molecule has 1 atom stereocenters. The van der Waals surface area contributed by atoms with Gasteiger partial charge in [0.2, 0.25) is 0 Å². The first kappa shape index (κ1) is 23.2. The van der Waals surface area contributed by atoms with Crippen LogP contribution in [-0.2, 0) is 33.8 Å². The van der Waals surface area contributed by atoms with E-state index in [1.165, 1.54) is 18.2 Å². The molecule has 0 aromatic heterocycles. The average molecular weight is 441 g/mol. The van der Waals surface area contributed by atoms with Crippen molar-refractivity contribution in [1.82, 2.24) is 15.5 Å². The summed E-state index contributed by atoms with van der Waals surface area (Å²) in [6, 6.07) is 14.9. The lowest BCUT2D eigenvalue weighted by molar-refractivity contribution is -0.136. The number of hydrogen-bond acceptors (Lipinski definition) is 6. The molecule has 1 heterocycles. The predicted molar refractivity (Wildman–Crippen MR) is 119 cm³/mol. The summed E-state index contributed by atoms with van der Waals surface area (Å²) >= 11 is 0. The molecule has 1 aliphatic rings. The van der Waals surface area contributed by atoms with Crippen molar-refractivity contribution in [3.05, 3.63) is 65.2 Å². The van der Waals surface area contributed by atoms with Crippen molar-refractivity contribution >= 4 is 23.6 Å². The summed E-state index contributed by atoms with van der Waals surface area (Å²) in [4.78, 5) is 37.4. The molecular formula is C23H28N4O5. The quantitative estimate of drug-likeness (QED) is 0.477. The largest absolute Gasteiger partial charge is 0.453 e. The number of β-amino-alcohol motifs (C(OH)–C–C–N with tert-alkyl or cyclic N) is 1. The monoisotopic (exact) mass is 440 g/mol. The van der Waals surface area contributed by atoms with Gasteiger partial charge in [0, 0.05) is 38.4 Å².